The van der Waals surface area contributed by atoms with Crippen molar-refractivity contribution >= 4 is 33.9 Å². The van der Waals surface area contributed by atoms with E-state index in [1.165, 1.54) is 4.68 Å². The molecule has 94 valence electrons. The Bertz CT molecular complexity index is 593. The third-order valence-corrected chi connectivity index (χ3v) is 2.45. The molecule has 1 heterocycles. The summed E-state index contributed by atoms with van der Waals surface area (Å²) in [6.45, 7) is 1.91. The van der Waals surface area contributed by atoms with Gasteiger partial charge >= 0.3 is 5.97 Å². The van der Waals surface area contributed by atoms with Gasteiger partial charge in [-0.3, -0.25) is 4.79 Å². The molecule has 6 nitrogen and oxygen atoms in total. The van der Waals surface area contributed by atoms with Gasteiger partial charge in [-0.05, 0) is 30.7 Å². The van der Waals surface area contributed by atoms with E-state index < -0.39 is 5.97 Å². The van der Waals surface area contributed by atoms with Crippen LogP contribution in [0, 0.1) is 0 Å². The van der Waals surface area contributed by atoms with Crippen LogP contribution < -0.4 is 0 Å². The standard InChI is InChI=1S/C11H11ClN4O2/c1-2-18-10(17)7-13-11(12)16-9-6-4-3-5-8(9)14-15-16/h3-6H,2,7H2,1H3. The smallest absolute Gasteiger partial charge is 0.327 e. The Morgan fingerprint density at radius 2 is 2.28 bits per heavy atom. The Morgan fingerprint density at radius 1 is 1.50 bits per heavy atom. The van der Waals surface area contributed by atoms with Gasteiger partial charge in [0.1, 0.15) is 12.1 Å². The fourth-order valence-corrected chi connectivity index (χ4v) is 1.59. The fraction of sp³-hybridized carbons (Fsp3) is 0.273. The van der Waals surface area contributed by atoms with Gasteiger partial charge < -0.3 is 4.74 Å². The third kappa shape index (κ3) is 2.65. The highest BCUT2D eigenvalue weighted by atomic mass is 35.5. The van der Waals surface area contributed by atoms with E-state index in [0.717, 1.165) is 5.52 Å². The second kappa shape index (κ2) is 5.59. The quantitative estimate of drug-likeness (QED) is 0.479. The molecule has 0 aliphatic rings. The van der Waals surface area contributed by atoms with Gasteiger partial charge in [-0.15, -0.1) is 5.10 Å². The third-order valence-electron chi connectivity index (χ3n) is 2.17. The second-order valence-corrected chi connectivity index (χ2v) is 3.72. The van der Waals surface area contributed by atoms with E-state index in [2.05, 4.69) is 15.3 Å². The van der Waals surface area contributed by atoms with E-state index in [9.17, 15) is 4.79 Å². The van der Waals surface area contributed by atoms with Crippen LogP contribution in [-0.2, 0) is 9.53 Å². The van der Waals surface area contributed by atoms with Crippen LogP contribution in [0.25, 0.3) is 11.0 Å². The highest BCUT2D eigenvalue weighted by molar-refractivity contribution is 6.65. The number of esters is 1. The number of halogens is 1. The van der Waals surface area contributed by atoms with Gasteiger partial charge in [-0.25, -0.2) is 4.99 Å². The molecule has 2 aromatic rings. The number of aromatic nitrogens is 3. The van der Waals surface area contributed by atoms with Gasteiger partial charge in [0.2, 0.25) is 5.29 Å². The maximum absolute atomic E-state index is 11.1. The molecule has 0 atom stereocenters. The molecular weight excluding hydrogens is 256 g/mol. The maximum atomic E-state index is 11.1. The molecule has 7 heteroatoms. The first kappa shape index (κ1) is 12.5. The average molecular weight is 267 g/mol. The molecule has 0 aliphatic heterocycles. The van der Waals surface area contributed by atoms with Crippen LogP contribution in [0.2, 0.25) is 0 Å². The van der Waals surface area contributed by atoms with Crippen molar-refractivity contribution in [2.45, 2.75) is 6.92 Å². The lowest BCUT2D eigenvalue weighted by atomic mass is 10.3. The Labute approximate surface area is 108 Å². The average Bonchev–Trinajstić information content (AvgIpc) is 2.80. The van der Waals surface area contributed by atoms with E-state index in [4.69, 9.17) is 16.3 Å². The summed E-state index contributed by atoms with van der Waals surface area (Å²) >= 11 is 5.97. The molecule has 0 saturated carbocycles. The van der Waals surface area contributed by atoms with Gasteiger partial charge in [0.15, 0.2) is 0 Å². The monoisotopic (exact) mass is 266 g/mol. The van der Waals surface area contributed by atoms with E-state index in [1.807, 2.05) is 24.3 Å². The van der Waals surface area contributed by atoms with Crippen molar-refractivity contribution in [3.63, 3.8) is 0 Å². The summed E-state index contributed by atoms with van der Waals surface area (Å²) in [4.78, 5) is 15.1. The summed E-state index contributed by atoms with van der Waals surface area (Å²) in [6, 6.07) is 7.33. The zero-order valence-corrected chi connectivity index (χ0v) is 10.5. The largest absolute Gasteiger partial charge is 0.465 e. The van der Waals surface area contributed by atoms with Crippen molar-refractivity contribution in [2.75, 3.05) is 13.2 Å². The summed E-state index contributed by atoms with van der Waals surface area (Å²) in [6.07, 6.45) is 0. The molecular formula is C11H11ClN4O2. The Balaban J connectivity index is 2.20. The van der Waals surface area contributed by atoms with Gasteiger partial charge in [0.25, 0.3) is 0 Å². The lowest BCUT2D eigenvalue weighted by Crippen LogP contribution is -2.12. The van der Waals surface area contributed by atoms with Crippen LogP contribution in [-0.4, -0.2) is 39.4 Å². The molecule has 0 radical (unpaired) electrons. The topological polar surface area (TPSA) is 69.4 Å². The molecule has 0 saturated heterocycles. The minimum Gasteiger partial charge on any atom is -0.465 e. The van der Waals surface area contributed by atoms with Crippen molar-refractivity contribution in [3.05, 3.63) is 24.3 Å². The molecule has 1 aromatic carbocycles. The summed E-state index contributed by atoms with van der Waals surface area (Å²) < 4.78 is 6.12. The highest BCUT2D eigenvalue weighted by Crippen LogP contribution is 2.10. The van der Waals surface area contributed by atoms with Crippen molar-refractivity contribution in [1.82, 2.24) is 15.0 Å². The van der Waals surface area contributed by atoms with Crippen molar-refractivity contribution < 1.29 is 9.53 Å². The molecule has 2 rings (SSSR count). The molecule has 0 unspecified atom stereocenters. The van der Waals surface area contributed by atoms with Crippen LogP contribution in [0.5, 0.6) is 0 Å². The molecule has 0 aliphatic carbocycles. The normalized spacial score (nSPS) is 11.8. The van der Waals surface area contributed by atoms with Crippen LogP contribution in [0.3, 0.4) is 0 Å². The lowest BCUT2D eigenvalue weighted by Gasteiger charge is -2.00. The minimum absolute atomic E-state index is 0.0803. The van der Waals surface area contributed by atoms with Crippen LogP contribution >= 0.6 is 11.6 Å². The summed E-state index contributed by atoms with van der Waals surface area (Å²) in [5.41, 5.74) is 1.44. The van der Waals surface area contributed by atoms with Crippen LogP contribution in [0.4, 0.5) is 0 Å². The second-order valence-electron chi connectivity index (χ2n) is 3.38. The predicted molar refractivity (Wildman–Crippen MR) is 67.7 cm³/mol. The molecule has 0 fully saturated rings. The number of benzene rings is 1. The molecule has 0 N–H and O–H groups in total. The van der Waals surface area contributed by atoms with Gasteiger partial charge in [0, 0.05) is 0 Å². The zero-order valence-electron chi connectivity index (χ0n) is 9.71. The summed E-state index contributed by atoms with van der Waals surface area (Å²) in [7, 11) is 0. The number of para-hydroxylation sites is 1. The number of ether oxygens (including phenoxy) is 1. The SMILES string of the molecule is CCOC(=O)CN=C(Cl)n1nnc2ccccc21. The van der Waals surface area contributed by atoms with Gasteiger partial charge in [-0.2, -0.15) is 4.68 Å². The minimum atomic E-state index is -0.430. The van der Waals surface area contributed by atoms with Crippen molar-refractivity contribution in [2.24, 2.45) is 4.99 Å². The van der Waals surface area contributed by atoms with Gasteiger partial charge in [-0.1, -0.05) is 17.3 Å². The molecule has 0 spiro atoms. The maximum Gasteiger partial charge on any atom is 0.327 e. The molecule has 0 amide bonds. The molecule has 18 heavy (non-hydrogen) atoms. The number of hydrogen-bond acceptors (Lipinski definition) is 5. The highest BCUT2D eigenvalue weighted by Gasteiger charge is 2.08. The lowest BCUT2D eigenvalue weighted by molar-refractivity contribution is -0.141. The predicted octanol–water partition coefficient (Wildman–Crippen LogP) is 1.44. The van der Waals surface area contributed by atoms with E-state index in [-0.39, 0.29) is 11.8 Å². The summed E-state index contributed by atoms with van der Waals surface area (Å²) in [5, 5.41) is 7.89. The first-order valence-corrected chi connectivity index (χ1v) is 5.76. The first-order chi connectivity index (χ1) is 8.72. The Hall–Kier alpha value is -1.95. The molecule has 0 bridgehead atoms. The fourth-order valence-electron chi connectivity index (χ4n) is 1.41. The number of nitrogens with zero attached hydrogens (tertiary/aromatic N) is 4. The number of fused-ring (bicyclic) bond motifs is 1. The van der Waals surface area contributed by atoms with Crippen molar-refractivity contribution in [1.29, 1.82) is 0 Å². The van der Waals surface area contributed by atoms with E-state index >= 15 is 0 Å². The number of rotatable bonds is 3. The summed E-state index contributed by atoms with van der Waals surface area (Å²) in [5.74, 6) is -0.430. The Morgan fingerprint density at radius 3 is 3.06 bits per heavy atom. The van der Waals surface area contributed by atoms with E-state index in [1.54, 1.807) is 6.92 Å². The Kier molecular flexibility index (Phi) is 3.88. The number of hydrogen-bond donors (Lipinski definition) is 0. The van der Waals surface area contributed by atoms with Crippen LogP contribution in [0.1, 0.15) is 6.92 Å². The number of carbonyl (C=O) groups excluding carboxylic acids is 1. The molecule has 1 aromatic heterocycles. The zero-order chi connectivity index (χ0) is 13.0. The number of aliphatic imine (C=N–C) groups is 1. The van der Waals surface area contributed by atoms with E-state index in [0.29, 0.717) is 12.1 Å². The van der Waals surface area contributed by atoms with Gasteiger partial charge in [0.05, 0.1) is 12.1 Å². The van der Waals surface area contributed by atoms with Crippen molar-refractivity contribution in [3.8, 4) is 0 Å². The van der Waals surface area contributed by atoms with Crippen LogP contribution in [0.15, 0.2) is 29.3 Å². The first-order valence-electron chi connectivity index (χ1n) is 5.38. The number of carbonyl (C=O) groups is 1.